The third kappa shape index (κ3) is 7.09. The van der Waals surface area contributed by atoms with Gasteiger partial charge in [-0.2, -0.15) is 13.2 Å². The maximum atomic E-state index is 12.0. The van der Waals surface area contributed by atoms with Gasteiger partial charge in [0.1, 0.15) is 6.54 Å². The minimum atomic E-state index is -4.21. The van der Waals surface area contributed by atoms with Crippen molar-refractivity contribution in [2.75, 3.05) is 6.54 Å². The Morgan fingerprint density at radius 1 is 1.38 bits per heavy atom. The van der Waals surface area contributed by atoms with E-state index in [1.165, 1.54) is 6.20 Å². The molecule has 0 aliphatic rings. The first-order valence-electron chi connectivity index (χ1n) is 5.06. The van der Waals surface area contributed by atoms with Gasteiger partial charge in [0.05, 0.1) is 0 Å². The van der Waals surface area contributed by atoms with Gasteiger partial charge in [-0.3, -0.25) is 4.99 Å². The summed E-state index contributed by atoms with van der Waals surface area (Å²) in [5, 5.41) is 2.36. The minimum absolute atomic E-state index is 0.477. The van der Waals surface area contributed by atoms with Crippen LogP contribution < -0.4 is 5.32 Å². The highest BCUT2D eigenvalue weighted by molar-refractivity contribution is 5.54. The van der Waals surface area contributed by atoms with Gasteiger partial charge >= 0.3 is 6.18 Å². The van der Waals surface area contributed by atoms with E-state index in [1.54, 1.807) is 26.1 Å². The molecule has 16 heavy (non-hydrogen) atoms. The van der Waals surface area contributed by atoms with Crippen LogP contribution in [0.4, 0.5) is 13.2 Å². The van der Waals surface area contributed by atoms with Crippen molar-refractivity contribution in [1.82, 2.24) is 5.32 Å². The molecule has 0 saturated heterocycles. The molecule has 0 unspecified atom stereocenters. The second-order valence-corrected chi connectivity index (χ2v) is 3.21. The summed E-state index contributed by atoms with van der Waals surface area (Å²) in [6.07, 6.45) is 1.28. The summed E-state index contributed by atoms with van der Waals surface area (Å²) in [5.41, 5.74) is 1.16. The fourth-order valence-corrected chi connectivity index (χ4v) is 1.03. The van der Waals surface area contributed by atoms with E-state index in [0.717, 1.165) is 0 Å². The van der Waals surface area contributed by atoms with Gasteiger partial charge in [0.25, 0.3) is 0 Å². The van der Waals surface area contributed by atoms with Gasteiger partial charge in [0.2, 0.25) is 0 Å². The van der Waals surface area contributed by atoms with Crippen molar-refractivity contribution in [3.8, 4) is 0 Å². The van der Waals surface area contributed by atoms with E-state index in [2.05, 4.69) is 10.3 Å². The Labute approximate surface area is 94.0 Å². The second-order valence-electron chi connectivity index (χ2n) is 3.21. The Balaban J connectivity index is 4.58. The number of rotatable bonds is 5. The summed E-state index contributed by atoms with van der Waals surface area (Å²) in [6.45, 7) is 4.31. The molecule has 92 valence electrons. The van der Waals surface area contributed by atoms with Crippen LogP contribution in [0.3, 0.4) is 0 Å². The van der Waals surface area contributed by atoms with Gasteiger partial charge in [-0.1, -0.05) is 13.0 Å². The summed E-state index contributed by atoms with van der Waals surface area (Å²) in [4.78, 5) is 3.87. The molecular weight excluding hydrogens is 217 g/mol. The summed E-state index contributed by atoms with van der Waals surface area (Å²) in [6, 6.07) is 0. The van der Waals surface area contributed by atoms with E-state index in [9.17, 15) is 13.2 Å². The third-order valence-electron chi connectivity index (χ3n) is 1.73. The van der Waals surface area contributed by atoms with Crippen molar-refractivity contribution in [3.05, 3.63) is 23.5 Å². The van der Waals surface area contributed by atoms with Gasteiger partial charge in [-0.25, -0.2) is 0 Å². The van der Waals surface area contributed by atoms with E-state index in [4.69, 9.17) is 0 Å². The van der Waals surface area contributed by atoms with Crippen LogP contribution in [-0.4, -0.2) is 18.9 Å². The number of nitrogens with one attached hydrogen (secondary N) is 1. The van der Waals surface area contributed by atoms with Gasteiger partial charge in [0.15, 0.2) is 0 Å². The SMILES string of the molecule is CC=N/C=C(C)/C(=C\CC)NCC(F)(F)F. The molecule has 5 heteroatoms. The molecule has 0 aliphatic carbocycles. The number of halogens is 3. The first-order chi connectivity index (χ1) is 7.40. The molecule has 0 amide bonds. The molecule has 2 nitrogen and oxygen atoms in total. The number of aliphatic imine (C=N–C) groups is 1. The molecule has 0 saturated carbocycles. The Morgan fingerprint density at radius 3 is 2.44 bits per heavy atom. The smallest absolute Gasteiger partial charge is 0.376 e. The molecular formula is C11H17F3N2. The topological polar surface area (TPSA) is 24.4 Å². The standard InChI is InChI=1S/C11H17F3N2/c1-4-6-10(9(3)7-15-5-2)16-8-11(12,13)14/h5-7,16H,4,8H2,1-3H3/b9-7+,10-6+,15-5?. The van der Waals surface area contributed by atoms with Crippen LogP contribution in [0.5, 0.6) is 0 Å². The van der Waals surface area contributed by atoms with Crippen molar-refractivity contribution < 1.29 is 13.2 Å². The molecule has 0 bridgehead atoms. The predicted octanol–water partition coefficient (Wildman–Crippen LogP) is 3.43. The molecule has 0 aromatic heterocycles. The first-order valence-corrected chi connectivity index (χ1v) is 5.06. The Bertz CT molecular complexity index is 288. The number of hydrogen-bond acceptors (Lipinski definition) is 2. The normalized spacial score (nSPS) is 14.6. The summed E-state index contributed by atoms with van der Waals surface area (Å²) in [5.74, 6) is 0. The van der Waals surface area contributed by atoms with E-state index in [-0.39, 0.29) is 0 Å². The zero-order valence-corrected chi connectivity index (χ0v) is 9.73. The number of allylic oxidation sites excluding steroid dienone is 2. The Kier molecular flexibility index (Phi) is 6.53. The van der Waals surface area contributed by atoms with E-state index >= 15 is 0 Å². The lowest BCUT2D eigenvalue weighted by Gasteiger charge is -2.13. The highest BCUT2D eigenvalue weighted by Crippen LogP contribution is 2.15. The molecule has 0 aromatic rings. The van der Waals surface area contributed by atoms with Crippen molar-refractivity contribution in [1.29, 1.82) is 0 Å². The average Bonchev–Trinajstić information content (AvgIpc) is 2.19. The van der Waals surface area contributed by atoms with Crippen LogP contribution in [0.2, 0.25) is 0 Å². The van der Waals surface area contributed by atoms with Crippen molar-refractivity contribution in [2.24, 2.45) is 4.99 Å². The van der Waals surface area contributed by atoms with Crippen LogP contribution in [0, 0.1) is 0 Å². The Hall–Kier alpha value is -1.26. The number of nitrogens with zero attached hydrogens (tertiary/aromatic N) is 1. The highest BCUT2D eigenvalue weighted by atomic mass is 19.4. The lowest BCUT2D eigenvalue weighted by Crippen LogP contribution is -2.28. The Morgan fingerprint density at radius 2 is 2.00 bits per heavy atom. The summed E-state index contributed by atoms with van der Waals surface area (Å²) < 4.78 is 36.1. The predicted molar refractivity (Wildman–Crippen MR) is 60.4 cm³/mol. The van der Waals surface area contributed by atoms with E-state index in [1.807, 2.05) is 6.92 Å². The van der Waals surface area contributed by atoms with Crippen molar-refractivity contribution >= 4 is 6.21 Å². The minimum Gasteiger partial charge on any atom is -0.376 e. The van der Waals surface area contributed by atoms with Gasteiger partial charge in [0, 0.05) is 18.1 Å². The second kappa shape index (κ2) is 7.09. The van der Waals surface area contributed by atoms with Crippen LogP contribution in [-0.2, 0) is 0 Å². The van der Waals surface area contributed by atoms with Crippen molar-refractivity contribution in [3.63, 3.8) is 0 Å². The molecule has 0 radical (unpaired) electrons. The maximum absolute atomic E-state index is 12.0. The molecule has 0 heterocycles. The lowest BCUT2D eigenvalue weighted by molar-refractivity contribution is -0.123. The van der Waals surface area contributed by atoms with E-state index < -0.39 is 12.7 Å². The molecule has 0 atom stereocenters. The molecule has 0 fully saturated rings. The fraction of sp³-hybridized carbons (Fsp3) is 0.545. The van der Waals surface area contributed by atoms with Gasteiger partial charge < -0.3 is 5.32 Å². The molecule has 0 aliphatic heterocycles. The third-order valence-corrected chi connectivity index (χ3v) is 1.73. The first kappa shape index (κ1) is 14.7. The zero-order valence-electron chi connectivity index (χ0n) is 9.73. The quantitative estimate of drug-likeness (QED) is 0.572. The van der Waals surface area contributed by atoms with Gasteiger partial charge in [-0.15, -0.1) is 0 Å². The maximum Gasteiger partial charge on any atom is 0.405 e. The number of alkyl halides is 3. The van der Waals surface area contributed by atoms with Crippen LogP contribution in [0.25, 0.3) is 0 Å². The zero-order chi connectivity index (χ0) is 12.6. The van der Waals surface area contributed by atoms with Crippen LogP contribution >= 0.6 is 0 Å². The van der Waals surface area contributed by atoms with Crippen LogP contribution in [0.15, 0.2) is 28.5 Å². The van der Waals surface area contributed by atoms with Gasteiger partial charge in [-0.05, 0) is 25.8 Å². The fourth-order valence-electron chi connectivity index (χ4n) is 1.03. The molecule has 0 spiro atoms. The van der Waals surface area contributed by atoms with Crippen molar-refractivity contribution in [2.45, 2.75) is 33.4 Å². The molecule has 0 aromatic carbocycles. The van der Waals surface area contributed by atoms with Crippen LogP contribution in [0.1, 0.15) is 27.2 Å². The van der Waals surface area contributed by atoms with E-state index in [0.29, 0.717) is 17.7 Å². The number of hydrogen-bond donors (Lipinski definition) is 1. The molecule has 1 N–H and O–H groups in total. The average molecular weight is 234 g/mol. The summed E-state index contributed by atoms with van der Waals surface area (Å²) >= 11 is 0. The summed E-state index contributed by atoms with van der Waals surface area (Å²) in [7, 11) is 0. The molecule has 0 rings (SSSR count). The lowest BCUT2D eigenvalue weighted by atomic mass is 10.2. The highest BCUT2D eigenvalue weighted by Gasteiger charge is 2.26. The largest absolute Gasteiger partial charge is 0.405 e. The monoisotopic (exact) mass is 234 g/mol.